The molecule has 2 aromatic carbocycles. The molecule has 0 aromatic heterocycles. The second kappa shape index (κ2) is 10.2. The third kappa shape index (κ3) is 5.03. The van der Waals surface area contributed by atoms with Gasteiger partial charge in [0.2, 0.25) is 5.91 Å². The summed E-state index contributed by atoms with van der Waals surface area (Å²) in [5, 5.41) is 9.23. The summed E-state index contributed by atoms with van der Waals surface area (Å²) in [5.74, 6) is 1.02. The molecule has 1 atom stereocenters. The Morgan fingerprint density at radius 1 is 1.16 bits per heavy atom. The summed E-state index contributed by atoms with van der Waals surface area (Å²) < 4.78 is 10.7. The Labute approximate surface area is 188 Å². The standard InChI is InChI=1S/C24H30N4O4/c1-15(26-16-6-8-17(9-7-16)28(3)23(29)10-11-25-2)12-19-18-13-21(31-4)22(32-5)14-20(18)27-24(19)30/h6-9,12-15,25-26H,10-11H2,1-5H3,(H,27,30). The number of ether oxygens (including phenoxy) is 2. The number of amides is 2. The van der Waals surface area contributed by atoms with Crippen molar-refractivity contribution in [3.05, 3.63) is 48.0 Å². The molecule has 1 aliphatic rings. The van der Waals surface area contributed by atoms with E-state index in [9.17, 15) is 9.59 Å². The molecule has 2 amide bonds. The largest absolute Gasteiger partial charge is 0.493 e. The van der Waals surface area contributed by atoms with E-state index in [0.29, 0.717) is 35.7 Å². The number of nitrogens with zero attached hydrogens (tertiary/aromatic N) is 1. The number of hydrogen-bond acceptors (Lipinski definition) is 6. The van der Waals surface area contributed by atoms with Gasteiger partial charge in [-0.2, -0.15) is 0 Å². The molecule has 2 aromatic rings. The molecular formula is C24H30N4O4. The number of anilines is 3. The Kier molecular flexibility index (Phi) is 7.37. The van der Waals surface area contributed by atoms with E-state index in [-0.39, 0.29) is 17.9 Å². The lowest BCUT2D eigenvalue weighted by Gasteiger charge is -2.18. The Morgan fingerprint density at radius 3 is 2.44 bits per heavy atom. The summed E-state index contributed by atoms with van der Waals surface area (Å²) in [4.78, 5) is 26.4. The van der Waals surface area contributed by atoms with E-state index in [2.05, 4.69) is 16.0 Å². The Hall–Kier alpha value is -3.52. The van der Waals surface area contributed by atoms with Crippen LogP contribution in [-0.4, -0.2) is 52.7 Å². The molecule has 0 radical (unpaired) electrons. The van der Waals surface area contributed by atoms with Gasteiger partial charge in [-0.15, -0.1) is 0 Å². The zero-order chi connectivity index (χ0) is 23.3. The van der Waals surface area contributed by atoms with Gasteiger partial charge in [0.05, 0.1) is 19.9 Å². The molecular weight excluding hydrogens is 408 g/mol. The van der Waals surface area contributed by atoms with Crippen LogP contribution < -0.4 is 30.3 Å². The minimum absolute atomic E-state index is 0.0520. The van der Waals surface area contributed by atoms with Gasteiger partial charge in [0.1, 0.15) is 0 Å². The average molecular weight is 439 g/mol. The predicted molar refractivity (Wildman–Crippen MR) is 128 cm³/mol. The Balaban J connectivity index is 1.73. The minimum Gasteiger partial charge on any atom is -0.493 e. The van der Waals surface area contributed by atoms with E-state index in [1.165, 1.54) is 0 Å². The predicted octanol–water partition coefficient (Wildman–Crippen LogP) is 3.11. The van der Waals surface area contributed by atoms with Crippen molar-refractivity contribution in [2.24, 2.45) is 0 Å². The van der Waals surface area contributed by atoms with Gasteiger partial charge >= 0.3 is 0 Å². The number of rotatable bonds is 9. The van der Waals surface area contributed by atoms with Gasteiger partial charge in [0.25, 0.3) is 5.91 Å². The normalized spacial score (nSPS) is 14.5. The van der Waals surface area contributed by atoms with E-state index >= 15 is 0 Å². The van der Waals surface area contributed by atoms with Crippen LogP contribution in [0.2, 0.25) is 0 Å². The lowest BCUT2D eigenvalue weighted by atomic mass is 10.0. The summed E-state index contributed by atoms with van der Waals surface area (Å²) in [6.07, 6.45) is 2.33. The third-order valence-corrected chi connectivity index (χ3v) is 5.34. The Bertz CT molecular complexity index is 1020. The van der Waals surface area contributed by atoms with Crippen LogP contribution in [0, 0.1) is 0 Å². The van der Waals surface area contributed by atoms with Gasteiger partial charge in [0, 0.05) is 54.6 Å². The van der Waals surface area contributed by atoms with E-state index < -0.39 is 0 Å². The van der Waals surface area contributed by atoms with Crippen LogP contribution in [0.3, 0.4) is 0 Å². The van der Waals surface area contributed by atoms with Crippen molar-refractivity contribution in [1.29, 1.82) is 0 Å². The van der Waals surface area contributed by atoms with Crippen LogP contribution >= 0.6 is 0 Å². The van der Waals surface area contributed by atoms with Gasteiger partial charge < -0.3 is 30.3 Å². The first-order valence-corrected chi connectivity index (χ1v) is 10.4. The lowest BCUT2D eigenvalue weighted by molar-refractivity contribution is -0.118. The van der Waals surface area contributed by atoms with Crippen LogP contribution in [0.5, 0.6) is 11.5 Å². The molecule has 170 valence electrons. The smallest absolute Gasteiger partial charge is 0.256 e. The zero-order valence-corrected chi connectivity index (χ0v) is 19.1. The van der Waals surface area contributed by atoms with Gasteiger partial charge in [-0.05, 0) is 50.4 Å². The van der Waals surface area contributed by atoms with Gasteiger partial charge in [0.15, 0.2) is 11.5 Å². The van der Waals surface area contributed by atoms with E-state index in [1.54, 1.807) is 38.3 Å². The van der Waals surface area contributed by atoms with Crippen molar-refractivity contribution < 1.29 is 19.1 Å². The second-order valence-corrected chi connectivity index (χ2v) is 7.57. The van der Waals surface area contributed by atoms with E-state index in [0.717, 1.165) is 16.9 Å². The number of hydrogen-bond donors (Lipinski definition) is 3. The molecule has 32 heavy (non-hydrogen) atoms. The second-order valence-electron chi connectivity index (χ2n) is 7.57. The van der Waals surface area contributed by atoms with Gasteiger partial charge in [-0.25, -0.2) is 0 Å². The number of nitrogens with one attached hydrogen (secondary N) is 3. The van der Waals surface area contributed by atoms with E-state index in [1.807, 2.05) is 44.3 Å². The van der Waals surface area contributed by atoms with Crippen molar-refractivity contribution in [2.45, 2.75) is 19.4 Å². The molecule has 0 bridgehead atoms. The van der Waals surface area contributed by atoms with Crippen molar-refractivity contribution in [3.63, 3.8) is 0 Å². The lowest BCUT2D eigenvalue weighted by Crippen LogP contribution is -2.28. The summed E-state index contributed by atoms with van der Waals surface area (Å²) in [7, 11) is 6.72. The number of fused-ring (bicyclic) bond motifs is 1. The first-order chi connectivity index (χ1) is 15.4. The van der Waals surface area contributed by atoms with Crippen molar-refractivity contribution >= 4 is 34.4 Å². The minimum atomic E-state index is -0.166. The summed E-state index contributed by atoms with van der Waals surface area (Å²) in [6.45, 7) is 2.62. The molecule has 1 heterocycles. The fraction of sp³-hybridized carbons (Fsp3) is 0.333. The fourth-order valence-electron chi connectivity index (χ4n) is 3.56. The van der Waals surface area contributed by atoms with E-state index in [4.69, 9.17) is 9.47 Å². The number of methoxy groups -OCH3 is 2. The van der Waals surface area contributed by atoms with Crippen molar-refractivity contribution in [2.75, 3.05) is 50.4 Å². The van der Waals surface area contributed by atoms with Crippen LogP contribution in [0.25, 0.3) is 5.57 Å². The highest BCUT2D eigenvalue weighted by atomic mass is 16.5. The molecule has 0 saturated carbocycles. The highest BCUT2D eigenvalue weighted by Gasteiger charge is 2.27. The molecule has 0 spiro atoms. The molecule has 0 fully saturated rings. The average Bonchev–Trinajstić information content (AvgIpc) is 3.10. The summed E-state index contributed by atoms with van der Waals surface area (Å²) in [6, 6.07) is 11.1. The first-order valence-electron chi connectivity index (χ1n) is 10.4. The summed E-state index contributed by atoms with van der Waals surface area (Å²) in [5.41, 5.74) is 3.76. The molecule has 3 N–H and O–H groups in total. The fourth-order valence-corrected chi connectivity index (χ4v) is 3.56. The molecule has 1 aliphatic heterocycles. The van der Waals surface area contributed by atoms with Crippen LogP contribution in [0.1, 0.15) is 18.9 Å². The number of carbonyl (C=O) groups excluding carboxylic acids is 2. The highest BCUT2D eigenvalue weighted by Crippen LogP contribution is 2.40. The molecule has 3 rings (SSSR count). The maximum absolute atomic E-state index is 12.5. The van der Waals surface area contributed by atoms with Crippen molar-refractivity contribution in [1.82, 2.24) is 5.32 Å². The summed E-state index contributed by atoms with van der Waals surface area (Å²) >= 11 is 0. The SMILES string of the molecule is CNCCC(=O)N(C)c1ccc(NC(C)C=C2C(=O)Nc3cc(OC)c(OC)cc32)cc1. The van der Waals surface area contributed by atoms with Crippen LogP contribution in [-0.2, 0) is 9.59 Å². The van der Waals surface area contributed by atoms with Crippen molar-refractivity contribution in [3.8, 4) is 11.5 Å². The monoisotopic (exact) mass is 438 g/mol. The molecule has 8 nitrogen and oxygen atoms in total. The van der Waals surface area contributed by atoms with Crippen LogP contribution in [0.15, 0.2) is 42.5 Å². The third-order valence-electron chi connectivity index (χ3n) is 5.34. The maximum Gasteiger partial charge on any atom is 0.256 e. The molecule has 8 heteroatoms. The number of benzene rings is 2. The van der Waals surface area contributed by atoms with Crippen LogP contribution in [0.4, 0.5) is 17.1 Å². The topological polar surface area (TPSA) is 91.9 Å². The molecule has 1 unspecified atom stereocenters. The first kappa shape index (κ1) is 23.1. The van der Waals surface area contributed by atoms with Gasteiger partial charge in [-0.1, -0.05) is 0 Å². The maximum atomic E-state index is 12.5. The quantitative estimate of drug-likeness (QED) is 0.521. The molecule has 0 aliphatic carbocycles. The highest BCUT2D eigenvalue weighted by molar-refractivity contribution is 6.31. The number of carbonyl (C=O) groups is 2. The molecule has 0 saturated heterocycles. The Morgan fingerprint density at radius 2 is 1.81 bits per heavy atom. The zero-order valence-electron chi connectivity index (χ0n) is 19.1. The van der Waals surface area contributed by atoms with Gasteiger partial charge in [-0.3, -0.25) is 9.59 Å².